The molecule has 1 aliphatic rings. The van der Waals surface area contributed by atoms with Crippen molar-refractivity contribution in [3.8, 4) is 5.75 Å². The molecular weight excluding hydrogens is 319 g/mol. The Morgan fingerprint density at radius 1 is 1.23 bits per heavy atom. The Hall–Kier alpha value is -0.480. The lowest BCUT2D eigenvalue weighted by Gasteiger charge is -2.35. The van der Waals surface area contributed by atoms with Crippen molar-refractivity contribution in [1.29, 1.82) is 0 Å². The highest BCUT2D eigenvalue weighted by molar-refractivity contribution is 5.85. The average molecular weight is 349 g/mol. The summed E-state index contributed by atoms with van der Waals surface area (Å²) < 4.78 is 5.38. The number of nitrogens with zero attached hydrogens (tertiary/aromatic N) is 1. The van der Waals surface area contributed by atoms with E-state index in [1.165, 1.54) is 30.4 Å². The van der Waals surface area contributed by atoms with Gasteiger partial charge in [-0.3, -0.25) is 4.90 Å². The number of ether oxygens (including phenoxy) is 1. The van der Waals surface area contributed by atoms with E-state index in [9.17, 15) is 0 Å². The van der Waals surface area contributed by atoms with Gasteiger partial charge in [0.1, 0.15) is 5.75 Å². The van der Waals surface area contributed by atoms with Crippen LogP contribution in [0.2, 0.25) is 0 Å². The summed E-state index contributed by atoms with van der Waals surface area (Å²) in [5.74, 6) is 0.989. The van der Waals surface area contributed by atoms with Gasteiger partial charge in [-0.1, -0.05) is 31.9 Å². The molecule has 0 aromatic heterocycles. The SMILES string of the molecule is CCCC[C@H](c1ccc(OC)c(C)c1)N1CCNCC1.Cl.Cl. The summed E-state index contributed by atoms with van der Waals surface area (Å²) in [5.41, 5.74) is 2.68. The number of rotatable bonds is 6. The van der Waals surface area contributed by atoms with Crippen LogP contribution in [0.1, 0.15) is 43.4 Å². The molecule has 22 heavy (non-hydrogen) atoms. The van der Waals surface area contributed by atoms with Gasteiger partial charge in [-0.2, -0.15) is 0 Å². The van der Waals surface area contributed by atoms with Crippen molar-refractivity contribution >= 4 is 24.8 Å². The number of hydrogen-bond acceptors (Lipinski definition) is 3. The summed E-state index contributed by atoms with van der Waals surface area (Å²) in [5, 5.41) is 3.45. The van der Waals surface area contributed by atoms with Gasteiger partial charge >= 0.3 is 0 Å². The number of piperazine rings is 1. The molecular formula is C17H30Cl2N2O. The van der Waals surface area contributed by atoms with E-state index < -0.39 is 0 Å². The summed E-state index contributed by atoms with van der Waals surface area (Å²) in [6, 6.07) is 7.22. The molecule has 1 saturated heterocycles. The maximum atomic E-state index is 5.38. The largest absolute Gasteiger partial charge is 0.496 e. The Kier molecular flexibility index (Phi) is 10.9. The quantitative estimate of drug-likeness (QED) is 0.841. The molecule has 0 unspecified atom stereocenters. The summed E-state index contributed by atoms with van der Waals surface area (Å²) in [7, 11) is 1.74. The minimum atomic E-state index is 0. The number of halogens is 2. The van der Waals surface area contributed by atoms with Crippen LogP contribution in [0.25, 0.3) is 0 Å². The van der Waals surface area contributed by atoms with E-state index >= 15 is 0 Å². The lowest BCUT2D eigenvalue weighted by atomic mass is 9.97. The standard InChI is InChI=1S/C17H28N2O.2ClH/c1-4-5-6-16(19-11-9-18-10-12-19)15-7-8-17(20-3)14(2)13-15;;/h7-8,13,16,18H,4-6,9-12H2,1-3H3;2*1H/t16-;;/m1../s1. The molecule has 1 aromatic rings. The summed E-state index contributed by atoms with van der Waals surface area (Å²) >= 11 is 0. The van der Waals surface area contributed by atoms with Gasteiger partial charge in [0.25, 0.3) is 0 Å². The predicted octanol–water partition coefficient (Wildman–Crippen LogP) is 3.98. The smallest absolute Gasteiger partial charge is 0.121 e. The second kappa shape index (κ2) is 11.1. The number of benzene rings is 1. The zero-order chi connectivity index (χ0) is 14.4. The molecule has 0 spiro atoms. The fourth-order valence-corrected chi connectivity index (χ4v) is 3.06. The molecule has 2 rings (SSSR count). The van der Waals surface area contributed by atoms with Crippen molar-refractivity contribution in [3.05, 3.63) is 29.3 Å². The first-order valence-electron chi connectivity index (χ1n) is 7.85. The number of nitrogens with one attached hydrogen (secondary N) is 1. The second-order valence-electron chi connectivity index (χ2n) is 5.67. The van der Waals surface area contributed by atoms with Crippen molar-refractivity contribution < 1.29 is 4.74 Å². The van der Waals surface area contributed by atoms with Crippen LogP contribution in [0.5, 0.6) is 5.75 Å². The maximum Gasteiger partial charge on any atom is 0.121 e. The Bertz CT molecular complexity index is 423. The third kappa shape index (κ3) is 5.62. The molecule has 1 aromatic carbocycles. The topological polar surface area (TPSA) is 24.5 Å². The van der Waals surface area contributed by atoms with Gasteiger partial charge in [0, 0.05) is 32.2 Å². The first-order valence-corrected chi connectivity index (χ1v) is 7.85. The van der Waals surface area contributed by atoms with Gasteiger partial charge in [0.15, 0.2) is 0 Å². The molecule has 0 bridgehead atoms. The molecule has 0 amide bonds. The zero-order valence-corrected chi connectivity index (χ0v) is 15.6. The first-order chi connectivity index (χ1) is 9.76. The van der Waals surface area contributed by atoms with Gasteiger partial charge in [-0.05, 0) is 30.5 Å². The van der Waals surface area contributed by atoms with Crippen LogP contribution >= 0.6 is 24.8 Å². The molecule has 1 atom stereocenters. The Balaban J connectivity index is 0.00000220. The average Bonchev–Trinajstić information content (AvgIpc) is 2.49. The van der Waals surface area contributed by atoms with E-state index in [0.29, 0.717) is 6.04 Å². The molecule has 1 aliphatic heterocycles. The summed E-state index contributed by atoms with van der Waals surface area (Å²) in [6.45, 7) is 8.93. The molecule has 0 aliphatic carbocycles. The van der Waals surface area contributed by atoms with Crippen LogP contribution in [0.3, 0.4) is 0 Å². The van der Waals surface area contributed by atoms with Crippen LogP contribution in [0.4, 0.5) is 0 Å². The highest BCUT2D eigenvalue weighted by Crippen LogP contribution is 2.30. The molecule has 128 valence electrons. The van der Waals surface area contributed by atoms with Crippen LogP contribution < -0.4 is 10.1 Å². The lowest BCUT2D eigenvalue weighted by Crippen LogP contribution is -2.45. The minimum Gasteiger partial charge on any atom is -0.496 e. The number of aryl methyl sites for hydroxylation is 1. The van der Waals surface area contributed by atoms with Crippen molar-refractivity contribution in [2.24, 2.45) is 0 Å². The van der Waals surface area contributed by atoms with E-state index in [-0.39, 0.29) is 24.8 Å². The van der Waals surface area contributed by atoms with E-state index in [0.717, 1.165) is 31.9 Å². The van der Waals surface area contributed by atoms with Gasteiger partial charge in [-0.25, -0.2) is 0 Å². The highest BCUT2D eigenvalue weighted by atomic mass is 35.5. The Labute approximate surface area is 147 Å². The molecule has 1 N–H and O–H groups in total. The second-order valence-corrected chi connectivity index (χ2v) is 5.67. The molecule has 0 saturated carbocycles. The van der Waals surface area contributed by atoms with Crippen LogP contribution in [-0.2, 0) is 0 Å². The normalized spacial score (nSPS) is 16.3. The van der Waals surface area contributed by atoms with E-state index in [1.54, 1.807) is 7.11 Å². The minimum absolute atomic E-state index is 0. The van der Waals surface area contributed by atoms with E-state index in [4.69, 9.17) is 4.74 Å². The predicted molar refractivity (Wildman–Crippen MR) is 98.9 cm³/mol. The maximum absolute atomic E-state index is 5.38. The van der Waals surface area contributed by atoms with Crippen LogP contribution in [0, 0.1) is 6.92 Å². The van der Waals surface area contributed by atoms with E-state index in [1.807, 2.05) is 0 Å². The molecule has 1 heterocycles. The Morgan fingerprint density at radius 2 is 1.91 bits per heavy atom. The molecule has 3 nitrogen and oxygen atoms in total. The lowest BCUT2D eigenvalue weighted by molar-refractivity contribution is 0.163. The van der Waals surface area contributed by atoms with Crippen molar-refractivity contribution in [2.75, 3.05) is 33.3 Å². The number of unbranched alkanes of at least 4 members (excludes halogenated alkanes) is 1. The van der Waals surface area contributed by atoms with Gasteiger partial charge in [0.2, 0.25) is 0 Å². The number of methoxy groups -OCH3 is 1. The van der Waals surface area contributed by atoms with Crippen LogP contribution in [0.15, 0.2) is 18.2 Å². The molecule has 1 fully saturated rings. The fraction of sp³-hybridized carbons (Fsp3) is 0.647. The summed E-state index contributed by atoms with van der Waals surface area (Å²) in [6.07, 6.45) is 3.81. The van der Waals surface area contributed by atoms with Crippen LogP contribution in [-0.4, -0.2) is 38.2 Å². The monoisotopic (exact) mass is 348 g/mol. The first kappa shape index (κ1) is 21.5. The third-order valence-electron chi connectivity index (χ3n) is 4.23. The van der Waals surface area contributed by atoms with Crippen molar-refractivity contribution in [3.63, 3.8) is 0 Å². The molecule has 5 heteroatoms. The third-order valence-corrected chi connectivity index (χ3v) is 4.23. The Morgan fingerprint density at radius 3 is 2.45 bits per heavy atom. The van der Waals surface area contributed by atoms with Gasteiger partial charge in [0.05, 0.1) is 7.11 Å². The van der Waals surface area contributed by atoms with Gasteiger partial charge < -0.3 is 10.1 Å². The molecule has 0 radical (unpaired) electrons. The summed E-state index contributed by atoms with van der Waals surface area (Å²) in [4.78, 5) is 2.63. The zero-order valence-electron chi connectivity index (χ0n) is 13.9. The van der Waals surface area contributed by atoms with Crippen molar-refractivity contribution in [2.45, 2.75) is 39.2 Å². The van der Waals surface area contributed by atoms with Gasteiger partial charge in [-0.15, -0.1) is 24.8 Å². The number of hydrogen-bond donors (Lipinski definition) is 1. The van der Waals surface area contributed by atoms with E-state index in [2.05, 4.69) is 42.3 Å². The highest BCUT2D eigenvalue weighted by Gasteiger charge is 2.22. The van der Waals surface area contributed by atoms with Crippen molar-refractivity contribution in [1.82, 2.24) is 10.2 Å². The fourth-order valence-electron chi connectivity index (χ4n) is 3.06.